The van der Waals surface area contributed by atoms with E-state index in [1.807, 2.05) is 12.1 Å². The van der Waals surface area contributed by atoms with Crippen molar-refractivity contribution in [3.05, 3.63) is 48.8 Å². The number of hydrogen-bond donors (Lipinski definition) is 2. The molecule has 1 aromatic heterocycles. The minimum Gasteiger partial charge on any atom is -0.494 e. The zero-order chi connectivity index (χ0) is 28.9. The molecule has 1 fully saturated rings. The van der Waals surface area contributed by atoms with Crippen molar-refractivity contribution in [2.45, 2.75) is 37.0 Å². The fraction of sp³-hybridized carbons (Fsp3) is 0.464. The highest BCUT2D eigenvalue weighted by Gasteiger charge is 2.24. The van der Waals surface area contributed by atoms with E-state index in [1.54, 1.807) is 45.2 Å². The molecule has 2 heterocycles. The third kappa shape index (κ3) is 6.98. The van der Waals surface area contributed by atoms with Crippen LogP contribution in [0.3, 0.4) is 0 Å². The fourth-order valence-corrected chi connectivity index (χ4v) is 5.98. The Morgan fingerprint density at radius 3 is 2.23 bits per heavy atom. The average molecular weight is 569 g/mol. The first-order chi connectivity index (χ1) is 19.1. The van der Waals surface area contributed by atoms with Crippen LogP contribution in [0.2, 0.25) is 0 Å². The van der Waals surface area contributed by atoms with E-state index in [1.165, 1.54) is 6.33 Å². The van der Waals surface area contributed by atoms with Crippen molar-refractivity contribution in [2.24, 2.45) is 0 Å². The number of aromatic nitrogens is 3. The number of hydrogen-bond acceptors (Lipinski definition) is 11. The summed E-state index contributed by atoms with van der Waals surface area (Å²) in [6, 6.07) is 13.3. The molecule has 0 radical (unpaired) electrons. The predicted octanol–water partition coefficient (Wildman–Crippen LogP) is 3.62. The molecule has 1 saturated heterocycles. The Hall–Kier alpha value is -3.48. The number of anilines is 5. The molecule has 2 aromatic carbocycles. The van der Waals surface area contributed by atoms with Gasteiger partial charge >= 0.3 is 0 Å². The van der Waals surface area contributed by atoms with E-state index in [-0.39, 0.29) is 10.8 Å². The van der Waals surface area contributed by atoms with Crippen molar-refractivity contribution in [1.29, 1.82) is 0 Å². The third-order valence-corrected chi connectivity index (χ3v) is 9.21. The fourth-order valence-electron chi connectivity index (χ4n) is 4.77. The van der Waals surface area contributed by atoms with Gasteiger partial charge in [-0.1, -0.05) is 12.1 Å². The van der Waals surface area contributed by atoms with Crippen molar-refractivity contribution >= 4 is 38.8 Å². The predicted molar refractivity (Wildman–Crippen MR) is 160 cm³/mol. The smallest absolute Gasteiger partial charge is 0.232 e. The molecule has 1 atom stereocenters. The molecule has 0 aliphatic carbocycles. The lowest BCUT2D eigenvalue weighted by Crippen LogP contribution is -2.51. The molecule has 4 rings (SSSR count). The van der Waals surface area contributed by atoms with Crippen LogP contribution in [-0.2, 0) is 9.84 Å². The summed E-state index contributed by atoms with van der Waals surface area (Å²) >= 11 is 0. The molecule has 0 amide bonds. The Morgan fingerprint density at radius 2 is 1.60 bits per heavy atom. The van der Waals surface area contributed by atoms with Crippen LogP contribution in [0.1, 0.15) is 20.8 Å². The van der Waals surface area contributed by atoms with Gasteiger partial charge in [-0.3, -0.25) is 4.90 Å². The summed E-state index contributed by atoms with van der Waals surface area (Å²) in [7, 11) is 2.37. The quantitative estimate of drug-likeness (QED) is 0.353. The van der Waals surface area contributed by atoms with E-state index < -0.39 is 15.1 Å². The lowest BCUT2D eigenvalue weighted by Gasteiger charge is -2.40. The van der Waals surface area contributed by atoms with Crippen LogP contribution >= 0.6 is 0 Å². The number of nitrogens with zero attached hydrogens (tertiary/aromatic N) is 6. The van der Waals surface area contributed by atoms with E-state index in [0.717, 1.165) is 38.4 Å². The largest absolute Gasteiger partial charge is 0.494 e. The Labute approximate surface area is 237 Å². The van der Waals surface area contributed by atoms with Crippen LogP contribution in [0, 0.1) is 0 Å². The summed E-state index contributed by atoms with van der Waals surface area (Å²) in [4.78, 5) is 20.2. The standard InChI is InChI=1S/C28H40N8O3S/c1-20(2)40(37,38)26-10-8-7-9-24(26)32-28-30-19-29-27(33-28)31-23-12-11-22(17-25(23)39-6)36-15-13-35(14-16-36)21(3)18-34(4)5/h7-12,17,19-21H,13-16,18H2,1-6H3,(H2,29,30,31,32,33). The van der Waals surface area contributed by atoms with Gasteiger partial charge in [-0.05, 0) is 59.1 Å². The number of para-hydroxylation sites is 1. The van der Waals surface area contributed by atoms with Crippen LogP contribution < -0.4 is 20.3 Å². The maximum absolute atomic E-state index is 12.8. The van der Waals surface area contributed by atoms with E-state index in [2.05, 4.69) is 67.4 Å². The molecule has 2 N–H and O–H groups in total. The number of sulfone groups is 1. The summed E-state index contributed by atoms with van der Waals surface area (Å²) in [5, 5.41) is 5.68. The highest BCUT2D eigenvalue weighted by Crippen LogP contribution is 2.32. The number of benzene rings is 2. The van der Waals surface area contributed by atoms with Gasteiger partial charge in [-0.15, -0.1) is 0 Å². The Bertz CT molecular complexity index is 1390. The molecule has 216 valence electrons. The summed E-state index contributed by atoms with van der Waals surface area (Å²) in [6.07, 6.45) is 1.37. The molecule has 0 spiro atoms. The molecule has 11 nitrogen and oxygen atoms in total. The molecule has 1 unspecified atom stereocenters. The molecule has 0 saturated carbocycles. The van der Waals surface area contributed by atoms with Crippen LogP contribution in [-0.4, -0.2) is 98.4 Å². The van der Waals surface area contributed by atoms with E-state index >= 15 is 0 Å². The molecular weight excluding hydrogens is 528 g/mol. The highest BCUT2D eigenvalue weighted by atomic mass is 32.2. The van der Waals surface area contributed by atoms with Crippen LogP contribution in [0.5, 0.6) is 5.75 Å². The van der Waals surface area contributed by atoms with Crippen LogP contribution in [0.15, 0.2) is 53.7 Å². The second kappa shape index (κ2) is 12.8. The van der Waals surface area contributed by atoms with Gasteiger partial charge in [0.05, 0.1) is 28.6 Å². The first kappa shape index (κ1) is 29.5. The Morgan fingerprint density at radius 1 is 0.950 bits per heavy atom. The minimum atomic E-state index is -3.50. The lowest BCUT2D eigenvalue weighted by atomic mass is 10.2. The highest BCUT2D eigenvalue weighted by molar-refractivity contribution is 7.92. The van der Waals surface area contributed by atoms with Gasteiger partial charge in [0.1, 0.15) is 12.1 Å². The lowest BCUT2D eigenvalue weighted by molar-refractivity contribution is 0.165. The Balaban J connectivity index is 1.46. The number of piperazine rings is 1. The van der Waals surface area contributed by atoms with Crippen molar-refractivity contribution in [2.75, 3.05) is 69.5 Å². The number of ether oxygens (including phenoxy) is 1. The molecule has 1 aliphatic rings. The SMILES string of the molecule is COc1cc(N2CCN(C(C)CN(C)C)CC2)ccc1Nc1ncnc(Nc2ccccc2S(=O)(=O)C(C)C)n1. The van der Waals surface area contributed by atoms with Gasteiger partial charge in [0.2, 0.25) is 11.9 Å². The van der Waals surface area contributed by atoms with Crippen molar-refractivity contribution in [3.8, 4) is 5.75 Å². The monoisotopic (exact) mass is 568 g/mol. The zero-order valence-corrected chi connectivity index (χ0v) is 24.9. The summed E-state index contributed by atoms with van der Waals surface area (Å²) in [5.41, 5.74) is 2.22. The first-order valence-electron chi connectivity index (χ1n) is 13.5. The van der Waals surface area contributed by atoms with Gasteiger partial charge in [-0.25, -0.2) is 18.4 Å². The number of methoxy groups -OCH3 is 1. The maximum atomic E-state index is 12.8. The van der Waals surface area contributed by atoms with Gasteiger partial charge in [0.15, 0.2) is 9.84 Å². The second-order valence-corrected chi connectivity index (χ2v) is 13.0. The summed E-state index contributed by atoms with van der Waals surface area (Å²) in [6.45, 7) is 10.6. The van der Waals surface area contributed by atoms with Crippen LogP contribution in [0.25, 0.3) is 0 Å². The van der Waals surface area contributed by atoms with Gasteiger partial charge in [0.25, 0.3) is 0 Å². The minimum absolute atomic E-state index is 0.199. The average Bonchev–Trinajstić information content (AvgIpc) is 2.93. The summed E-state index contributed by atoms with van der Waals surface area (Å²) in [5.74, 6) is 1.20. The van der Waals surface area contributed by atoms with E-state index in [0.29, 0.717) is 29.1 Å². The third-order valence-electron chi connectivity index (χ3n) is 7.00. The molecule has 40 heavy (non-hydrogen) atoms. The van der Waals surface area contributed by atoms with Crippen molar-refractivity contribution in [3.63, 3.8) is 0 Å². The number of likely N-dealkylation sites (N-methyl/N-ethyl adjacent to an activating group) is 1. The van der Waals surface area contributed by atoms with Crippen LogP contribution in [0.4, 0.5) is 29.0 Å². The number of nitrogens with one attached hydrogen (secondary N) is 2. The summed E-state index contributed by atoms with van der Waals surface area (Å²) < 4.78 is 31.3. The molecule has 12 heteroatoms. The first-order valence-corrected chi connectivity index (χ1v) is 15.0. The Kier molecular flexibility index (Phi) is 9.44. The topological polar surface area (TPSA) is 116 Å². The molecule has 0 bridgehead atoms. The van der Waals surface area contributed by atoms with Crippen molar-refractivity contribution < 1.29 is 13.2 Å². The molecular formula is C28H40N8O3S. The molecule has 3 aromatic rings. The van der Waals surface area contributed by atoms with E-state index in [9.17, 15) is 8.42 Å². The van der Waals surface area contributed by atoms with E-state index in [4.69, 9.17) is 4.74 Å². The second-order valence-electron chi connectivity index (χ2n) is 10.5. The number of rotatable bonds is 11. The zero-order valence-electron chi connectivity index (χ0n) is 24.1. The van der Waals surface area contributed by atoms with Gasteiger partial charge in [-0.2, -0.15) is 4.98 Å². The normalized spacial score (nSPS) is 15.3. The van der Waals surface area contributed by atoms with Crippen molar-refractivity contribution in [1.82, 2.24) is 24.8 Å². The maximum Gasteiger partial charge on any atom is 0.232 e. The van der Waals surface area contributed by atoms with Gasteiger partial charge in [0, 0.05) is 50.5 Å². The molecule has 1 aliphatic heterocycles. The van der Waals surface area contributed by atoms with Gasteiger partial charge < -0.3 is 25.2 Å².